The van der Waals surface area contributed by atoms with E-state index >= 15 is 0 Å². The Morgan fingerprint density at radius 1 is 1.00 bits per heavy atom. The number of hydrogen-bond donors (Lipinski definition) is 3. The van der Waals surface area contributed by atoms with Crippen LogP contribution in [0, 0.1) is 0 Å². The van der Waals surface area contributed by atoms with E-state index in [0.29, 0.717) is 28.1 Å². The highest BCUT2D eigenvalue weighted by Gasteiger charge is 2.06. The van der Waals surface area contributed by atoms with Crippen molar-refractivity contribution in [2.75, 3.05) is 11.5 Å². The van der Waals surface area contributed by atoms with Gasteiger partial charge >= 0.3 is 0 Å². The summed E-state index contributed by atoms with van der Waals surface area (Å²) in [6, 6.07) is 12.4. The Hall–Kier alpha value is -2.82. The zero-order chi connectivity index (χ0) is 13.4. The van der Waals surface area contributed by atoms with Gasteiger partial charge in [0.2, 0.25) is 0 Å². The van der Waals surface area contributed by atoms with Crippen molar-refractivity contribution in [1.82, 2.24) is 9.97 Å². The number of fused-ring (bicyclic) bond motifs is 1. The second-order valence-corrected chi connectivity index (χ2v) is 4.28. The van der Waals surface area contributed by atoms with Gasteiger partial charge in [-0.1, -0.05) is 12.1 Å². The molecule has 0 spiro atoms. The molecule has 0 aliphatic carbocycles. The van der Waals surface area contributed by atoms with Crippen molar-refractivity contribution in [3.8, 4) is 11.4 Å². The van der Waals surface area contributed by atoms with Gasteiger partial charge in [-0.3, -0.25) is 4.79 Å². The van der Waals surface area contributed by atoms with E-state index in [0.717, 1.165) is 5.56 Å². The van der Waals surface area contributed by atoms with Crippen LogP contribution in [-0.2, 0) is 0 Å². The van der Waals surface area contributed by atoms with Crippen molar-refractivity contribution in [3.05, 3.63) is 52.8 Å². The summed E-state index contributed by atoms with van der Waals surface area (Å²) < 4.78 is 0. The maximum atomic E-state index is 12.0. The lowest BCUT2D eigenvalue weighted by atomic mass is 10.1. The van der Waals surface area contributed by atoms with Crippen LogP contribution in [0.5, 0.6) is 0 Å². The first kappa shape index (κ1) is 11.3. The number of aromatic nitrogens is 2. The minimum Gasteiger partial charge on any atom is -0.397 e. The Kier molecular flexibility index (Phi) is 2.45. The van der Waals surface area contributed by atoms with Gasteiger partial charge in [0.1, 0.15) is 5.82 Å². The van der Waals surface area contributed by atoms with Gasteiger partial charge in [-0.25, -0.2) is 4.98 Å². The van der Waals surface area contributed by atoms with Crippen LogP contribution in [0.2, 0.25) is 0 Å². The van der Waals surface area contributed by atoms with Crippen LogP contribution < -0.4 is 17.0 Å². The summed E-state index contributed by atoms with van der Waals surface area (Å²) in [6.07, 6.45) is 0. The first-order chi connectivity index (χ1) is 9.15. The molecule has 0 aliphatic rings. The van der Waals surface area contributed by atoms with Crippen molar-refractivity contribution >= 4 is 22.3 Å². The Labute approximate surface area is 108 Å². The fraction of sp³-hybridized carbons (Fsp3) is 0. The predicted molar refractivity (Wildman–Crippen MR) is 76.6 cm³/mol. The SMILES string of the molecule is Nc1ccc(-c2nc3ccccc3c(=O)[nH]2)cc1N. The smallest absolute Gasteiger partial charge is 0.259 e. The average Bonchev–Trinajstić information content (AvgIpc) is 2.42. The second-order valence-electron chi connectivity index (χ2n) is 4.28. The Bertz CT molecular complexity index is 823. The van der Waals surface area contributed by atoms with Crippen molar-refractivity contribution in [3.63, 3.8) is 0 Å². The monoisotopic (exact) mass is 252 g/mol. The number of nitrogen functional groups attached to an aromatic ring is 2. The minimum absolute atomic E-state index is 0.170. The fourth-order valence-electron chi connectivity index (χ4n) is 1.95. The molecule has 5 heteroatoms. The molecule has 19 heavy (non-hydrogen) atoms. The van der Waals surface area contributed by atoms with Crippen LogP contribution in [0.15, 0.2) is 47.3 Å². The number of nitrogens with two attached hydrogens (primary N) is 2. The van der Waals surface area contributed by atoms with Crippen molar-refractivity contribution in [2.45, 2.75) is 0 Å². The van der Waals surface area contributed by atoms with E-state index in [-0.39, 0.29) is 5.56 Å². The average molecular weight is 252 g/mol. The van der Waals surface area contributed by atoms with Gasteiger partial charge < -0.3 is 16.5 Å². The number of benzene rings is 2. The molecular weight excluding hydrogens is 240 g/mol. The summed E-state index contributed by atoms with van der Waals surface area (Å²) in [5.41, 5.74) is 13.6. The third kappa shape index (κ3) is 1.91. The molecule has 5 N–H and O–H groups in total. The quantitative estimate of drug-likeness (QED) is 0.575. The number of anilines is 2. The van der Waals surface area contributed by atoms with Gasteiger partial charge in [0, 0.05) is 5.56 Å². The molecule has 0 atom stereocenters. The Morgan fingerprint density at radius 3 is 2.58 bits per heavy atom. The van der Waals surface area contributed by atoms with E-state index < -0.39 is 0 Å². The molecule has 1 aromatic heterocycles. The van der Waals surface area contributed by atoms with Crippen LogP contribution in [-0.4, -0.2) is 9.97 Å². The number of aromatic amines is 1. The third-order valence-corrected chi connectivity index (χ3v) is 2.97. The van der Waals surface area contributed by atoms with Crippen LogP contribution >= 0.6 is 0 Å². The molecule has 0 aliphatic heterocycles. The first-order valence-corrected chi connectivity index (χ1v) is 5.79. The molecule has 94 valence electrons. The molecule has 5 nitrogen and oxygen atoms in total. The Balaban J connectivity index is 2.25. The third-order valence-electron chi connectivity index (χ3n) is 2.97. The molecule has 0 saturated carbocycles. The van der Waals surface area contributed by atoms with E-state index in [1.54, 1.807) is 36.4 Å². The lowest BCUT2D eigenvalue weighted by Crippen LogP contribution is -2.09. The van der Waals surface area contributed by atoms with Gasteiger partial charge in [-0.15, -0.1) is 0 Å². The summed E-state index contributed by atoms with van der Waals surface area (Å²) in [4.78, 5) is 19.1. The predicted octanol–water partition coefficient (Wildman–Crippen LogP) is 1.75. The number of para-hydroxylation sites is 1. The summed E-state index contributed by atoms with van der Waals surface area (Å²) in [5.74, 6) is 0.482. The Morgan fingerprint density at radius 2 is 1.79 bits per heavy atom. The molecule has 0 saturated heterocycles. The van der Waals surface area contributed by atoms with Gasteiger partial charge in [0.25, 0.3) is 5.56 Å². The molecule has 1 heterocycles. The van der Waals surface area contributed by atoms with Crippen LogP contribution in [0.3, 0.4) is 0 Å². The van der Waals surface area contributed by atoms with E-state index in [1.807, 2.05) is 6.07 Å². The van der Waals surface area contributed by atoms with Crippen LogP contribution in [0.4, 0.5) is 11.4 Å². The highest BCUT2D eigenvalue weighted by molar-refractivity contribution is 5.80. The highest BCUT2D eigenvalue weighted by atomic mass is 16.1. The van der Waals surface area contributed by atoms with E-state index in [9.17, 15) is 4.79 Å². The van der Waals surface area contributed by atoms with Gasteiger partial charge in [0.05, 0.1) is 22.3 Å². The van der Waals surface area contributed by atoms with Gasteiger partial charge in [-0.05, 0) is 30.3 Å². The number of nitrogens with one attached hydrogen (secondary N) is 1. The molecule has 0 bridgehead atoms. The van der Waals surface area contributed by atoms with E-state index in [4.69, 9.17) is 11.5 Å². The second kappa shape index (κ2) is 4.13. The van der Waals surface area contributed by atoms with Crippen molar-refractivity contribution < 1.29 is 0 Å². The summed E-state index contributed by atoms with van der Waals surface area (Å²) in [7, 11) is 0. The number of hydrogen-bond acceptors (Lipinski definition) is 4. The largest absolute Gasteiger partial charge is 0.397 e. The standard InChI is InChI=1S/C14H12N4O/c15-10-6-5-8(7-11(10)16)13-17-12-4-2-1-3-9(12)14(19)18-13/h1-7H,15-16H2,(H,17,18,19). The number of rotatable bonds is 1. The number of nitrogens with zero attached hydrogens (tertiary/aromatic N) is 1. The van der Waals surface area contributed by atoms with Crippen LogP contribution in [0.1, 0.15) is 0 Å². The minimum atomic E-state index is -0.170. The summed E-state index contributed by atoms with van der Waals surface area (Å²) in [5, 5.41) is 0.565. The summed E-state index contributed by atoms with van der Waals surface area (Å²) >= 11 is 0. The van der Waals surface area contributed by atoms with E-state index in [1.165, 1.54) is 0 Å². The van der Waals surface area contributed by atoms with E-state index in [2.05, 4.69) is 9.97 Å². The fourth-order valence-corrected chi connectivity index (χ4v) is 1.95. The molecule has 0 unspecified atom stereocenters. The lowest BCUT2D eigenvalue weighted by Gasteiger charge is -2.05. The molecule has 0 fully saturated rings. The lowest BCUT2D eigenvalue weighted by molar-refractivity contribution is 1.18. The zero-order valence-electron chi connectivity index (χ0n) is 10.1. The molecule has 2 aromatic carbocycles. The number of H-pyrrole nitrogens is 1. The first-order valence-electron chi connectivity index (χ1n) is 5.79. The van der Waals surface area contributed by atoms with Crippen molar-refractivity contribution in [2.24, 2.45) is 0 Å². The maximum absolute atomic E-state index is 12.0. The van der Waals surface area contributed by atoms with Crippen LogP contribution in [0.25, 0.3) is 22.3 Å². The molecule has 3 rings (SSSR count). The molecule has 0 radical (unpaired) electrons. The summed E-state index contributed by atoms with van der Waals surface area (Å²) in [6.45, 7) is 0. The molecule has 3 aromatic rings. The van der Waals surface area contributed by atoms with Gasteiger partial charge in [0.15, 0.2) is 0 Å². The topological polar surface area (TPSA) is 97.8 Å². The molecule has 0 amide bonds. The maximum Gasteiger partial charge on any atom is 0.259 e. The molecular formula is C14H12N4O. The van der Waals surface area contributed by atoms with Crippen molar-refractivity contribution in [1.29, 1.82) is 0 Å². The normalized spacial score (nSPS) is 10.7. The zero-order valence-corrected chi connectivity index (χ0v) is 10.1. The van der Waals surface area contributed by atoms with Gasteiger partial charge in [-0.2, -0.15) is 0 Å². The highest BCUT2D eigenvalue weighted by Crippen LogP contribution is 2.22.